The maximum absolute atomic E-state index is 8.56. The summed E-state index contributed by atoms with van der Waals surface area (Å²) >= 11 is 1.86. The Balaban J connectivity index is 0. The monoisotopic (exact) mass is 138 g/mol. The molecule has 0 bridgehead atoms. The molecule has 0 aliphatic rings. The van der Waals surface area contributed by atoms with E-state index in [4.69, 9.17) is 15.0 Å². The summed E-state index contributed by atoms with van der Waals surface area (Å²) in [6.07, 6.45) is 0.264. The van der Waals surface area contributed by atoms with E-state index in [0.29, 0.717) is 0 Å². The highest BCUT2D eigenvalue weighted by Gasteiger charge is 1.70. The van der Waals surface area contributed by atoms with Crippen molar-refractivity contribution in [3.05, 3.63) is 0 Å². The molecule has 4 heteroatoms. The standard InChI is InChI=1S/C3H8S.CH2O3/c1-3-4-2;2-1(3)4/h3H2,1-2H3;(H2,2,3,4). The van der Waals surface area contributed by atoms with Gasteiger partial charge < -0.3 is 10.2 Å². The van der Waals surface area contributed by atoms with Crippen molar-refractivity contribution in [1.82, 2.24) is 0 Å². The minimum absolute atomic E-state index is 1.24. The van der Waals surface area contributed by atoms with Crippen molar-refractivity contribution in [3.8, 4) is 0 Å². The third-order valence-electron chi connectivity index (χ3n) is 0.289. The van der Waals surface area contributed by atoms with Gasteiger partial charge in [0, 0.05) is 0 Å². The third kappa shape index (κ3) is 312. The average Bonchev–Trinajstić information content (AvgIpc) is 1.65. The first kappa shape index (κ1) is 10.6. The van der Waals surface area contributed by atoms with Crippen LogP contribution in [-0.2, 0) is 0 Å². The minimum atomic E-state index is -1.83. The van der Waals surface area contributed by atoms with Crippen LogP contribution in [0.1, 0.15) is 6.92 Å². The van der Waals surface area contributed by atoms with Gasteiger partial charge in [-0.2, -0.15) is 11.8 Å². The summed E-state index contributed by atoms with van der Waals surface area (Å²) in [6, 6.07) is 0. The highest BCUT2D eigenvalue weighted by molar-refractivity contribution is 7.98. The van der Waals surface area contributed by atoms with Gasteiger partial charge in [0.15, 0.2) is 0 Å². The molecule has 0 radical (unpaired) electrons. The summed E-state index contributed by atoms with van der Waals surface area (Å²) < 4.78 is 0. The second kappa shape index (κ2) is 9.80. The summed E-state index contributed by atoms with van der Waals surface area (Å²) in [5, 5.41) is 13.9. The molecule has 0 aromatic carbocycles. The molecule has 0 saturated heterocycles. The Bertz CT molecular complexity index is 49.2. The first-order chi connectivity index (χ1) is 3.65. The Morgan fingerprint density at radius 2 is 1.75 bits per heavy atom. The summed E-state index contributed by atoms with van der Waals surface area (Å²) in [7, 11) is 0. The summed E-state index contributed by atoms with van der Waals surface area (Å²) in [5.74, 6) is 1.24. The Kier molecular flexibility index (Phi) is 12.9. The Hall–Kier alpha value is -0.380. The molecular weight excluding hydrogens is 128 g/mol. The molecule has 0 aromatic heterocycles. The lowest BCUT2D eigenvalue weighted by Gasteiger charge is -1.69. The van der Waals surface area contributed by atoms with Gasteiger partial charge in [0.2, 0.25) is 0 Å². The molecule has 8 heavy (non-hydrogen) atoms. The second-order valence-electron chi connectivity index (χ2n) is 0.860. The molecule has 0 aromatic rings. The van der Waals surface area contributed by atoms with E-state index in [2.05, 4.69) is 13.2 Å². The summed E-state index contributed by atoms with van der Waals surface area (Å²) in [6.45, 7) is 2.14. The molecule has 0 heterocycles. The molecule has 0 aliphatic carbocycles. The zero-order chi connectivity index (χ0) is 6.99. The summed E-state index contributed by atoms with van der Waals surface area (Å²) in [4.78, 5) is 8.56. The van der Waals surface area contributed by atoms with E-state index in [0.717, 1.165) is 0 Å². The number of thioether (sulfide) groups is 1. The van der Waals surface area contributed by atoms with Crippen LogP contribution < -0.4 is 0 Å². The SMILES string of the molecule is CCSC.O=C(O)O. The molecule has 3 nitrogen and oxygen atoms in total. The van der Waals surface area contributed by atoms with E-state index < -0.39 is 6.16 Å². The maximum Gasteiger partial charge on any atom is 0.503 e. The third-order valence-corrected chi connectivity index (χ3v) is 0.866. The van der Waals surface area contributed by atoms with Crippen LogP contribution in [0.2, 0.25) is 0 Å². The Morgan fingerprint density at radius 1 is 1.62 bits per heavy atom. The van der Waals surface area contributed by atoms with Crippen molar-refractivity contribution in [2.75, 3.05) is 12.0 Å². The fraction of sp³-hybridized carbons (Fsp3) is 0.750. The smallest absolute Gasteiger partial charge is 0.450 e. The average molecular weight is 138 g/mol. The van der Waals surface area contributed by atoms with Crippen LogP contribution in [0.3, 0.4) is 0 Å². The molecule has 0 aliphatic heterocycles. The van der Waals surface area contributed by atoms with Gasteiger partial charge in [-0.1, -0.05) is 6.92 Å². The van der Waals surface area contributed by atoms with Crippen LogP contribution in [-0.4, -0.2) is 28.4 Å². The quantitative estimate of drug-likeness (QED) is 0.577. The molecule has 0 rings (SSSR count). The lowest BCUT2D eigenvalue weighted by Crippen LogP contribution is -1.81. The van der Waals surface area contributed by atoms with E-state index >= 15 is 0 Å². The zero-order valence-electron chi connectivity index (χ0n) is 4.92. The molecule has 0 atom stereocenters. The van der Waals surface area contributed by atoms with Crippen molar-refractivity contribution in [3.63, 3.8) is 0 Å². The zero-order valence-corrected chi connectivity index (χ0v) is 5.73. The van der Waals surface area contributed by atoms with Crippen molar-refractivity contribution < 1.29 is 15.0 Å². The van der Waals surface area contributed by atoms with Gasteiger partial charge in [0.1, 0.15) is 0 Å². The number of hydrogen-bond acceptors (Lipinski definition) is 2. The van der Waals surface area contributed by atoms with Gasteiger partial charge in [-0.3, -0.25) is 0 Å². The molecule has 0 amide bonds. The van der Waals surface area contributed by atoms with Crippen molar-refractivity contribution in [2.24, 2.45) is 0 Å². The minimum Gasteiger partial charge on any atom is -0.450 e. The highest BCUT2D eigenvalue weighted by Crippen LogP contribution is 1.83. The first-order valence-corrected chi connectivity index (χ1v) is 3.45. The maximum atomic E-state index is 8.56. The molecule has 50 valence electrons. The van der Waals surface area contributed by atoms with E-state index in [1.54, 1.807) is 0 Å². The van der Waals surface area contributed by atoms with E-state index in [9.17, 15) is 0 Å². The Labute approximate surface area is 52.7 Å². The number of hydrogen-bond donors (Lipinski definition) is 2. The van der Waals surface area contributed by atoms with Crippen molar-refractivity contribution in [2.45, 2.75) is 6.92 Å². The van der Waals surface area contributed by atoms with Crippen LogP contribution >= 0.6 is 11.8 Å². The molecule has 0 fully saturated rings. The van der Waals surface area contributed by atoms with Gasteiger partial charge in [-0.05, 0) is 12.0 Å². The van der Waals surface area contributed by atoms with Crippen molar-refractivity contribution >= 4 is 17.9 Å². The highest BCUT2D eigenvalue weighted by atomic mass is 32.2. The normalized spacial score (nSPS) is 6.75. The van der Waals surface area contributed by atoms with Crippen LogP contribution in [0.5, 0.6) is 0 Å². The molecule has 0 saturated carbocycles. The van der Waals surface area contributed by atoms with E-state index in [1.165, 1.54) is 5.75 Å². The molecule has 2 N–H and O–H groups in total. The lowest BCUT2D eigenvalue weighted by molar-refractivity contribution is 0.137. The number of carboxylic acid groups (broad SMARTS) is 2. The fourth-order valence-corrected chi connectivity index (χ4v) is 0. The van der Waals surface area contributed by atoms with E-state index in [1.807, 2.05) is 11.8 Å². The van der Waals surface area contributed by atoms with Gasteiger partial charge in [-0.15, -0.1) is 0 Å². The second-order valence-corrected chi connectivity index (χ2v) is 2.01. The van der Waals surface area contributed by atoms with Gasteiger partial charge in [-0.25, -0.2) is 4.79 Å². The number of carbonyl (C=O) groups is 1. The fourth-order valence-electron chi connectivity index (χ4n) is 0. The van der Waals surface area contributed by atoms with Crippen LogP contribution in [0.4, 0.5) is 4.79 Å². The van der Waals surface area contributed by atoms with Crippen molar-refractivity contribution in [1.29, 1.82) is 0 Å². The van der Waals surface area contributed by atoms with Gasteiger partial charge >= 0.3 is 6.16 Å². The Morgan fingerprint density at radius 3 is 1.75 bits per heavy atom. The number of rotatable bonds is 1. The predicted octanol–water partition coefficient (Wildman–Crippen LogP) is 1.59. The van der Waals surface area contributed by atoms with Gasteiger partial charge in [0.05, 0.1) is 0 Å². The van der Waals surface area contributed by atoms with Gasteiger partial charge in [0.25, 0.3) is 0 Å². The summed E-state index contributed by atoms with van der Waals surface area (Å²) in [5.41, 5.74) is 0. The van der Waals surface area contributed by atoms with Crippen LogP contribution in [0.15, 0.2) is 0 Å². The largest absolute Gasteiger partial charge is 0.503 e. The van der Waals surface area contributed by atoms with Crippen LogP contribution in [0, 0.1) is 0 Å². The molecular formula is C4H10O3S. The van der Waals surface area contributed by atoms with E-state index in [-0.39, 0.29) is 0 Å². The first-order valence-electron chi connectivity index (χ1n) is 2.06. The van der Waals surface area contributed by atoms with Crippen LogP contribution in [0.25, 0.3) is 0 Å². The predicted molar refractivity (Wildman–Crippen MR) is 34.7 cm³/mol. The topological polar surface area (TPSA) is 57.5 Å². The lowest BCUT2D eigenvalue weighted by atomic mass is 11.0. The molecule has 0 unspecified atom stereocenters. The molecule has 0 spiro atoms.